The molecule has 2 atom stereocenters. The van der Waals surface area contributed by atoms with Gasteiger partial charge in [-0.1, -0.05) is 42.5 Å². The van der Waals surface area contributed by atoms with E-state index in [1.54, 1.807) is 0 Å². The van der Waals surface area contributed by atoms with Crippen LogP contribution in [-0.2, 0) is 11.2 Å². The van der Waals surface area contributed by atoms with Gasteiger partial charge < -0.3 is 20.9 Å². The number of rotatable bonds is 7. The highest BCUT2D eigenvalue weighted by atomic mass is 35.5. The fourth-order valence-electron chi connectivity index (χ4n) is 3.87. The first-order valence-electron chi connectivity index (χ1n) is 10.1. The zero-order valence-electron chi connectivity index (χ0n) is 17.4. The van der Waals surface area contributed by atoms with E-state index >= 15 is 0 Å². The molecule has 5 N–H and O–H groups in total. The number of carboxylic acid groups (broad SMARTS) is 1. The Morgan fingerprint density at radius 3 is 2.41 bits per heavy atom. The van der Waals surface area contributed by atoms with Gasteiger partial charge in [0.1, 0.15) is 17.7 Å². The first-order valence-corrected chi connectivity index (χ1v) is 10.1. The lowest BCUT2D eigenvalue weighted by Gasteiger charge is -2.16. The molecule has 0 spiro atoms. The minimum Gasteiger partial charge on any atom is -0.489 e. The molecule has 170 valence electrons. The average molecular weight is 476 g/mol. The molecule has 0 aliphatic carbocycles. The van der Waals surface area contributed by atoms with E-state index in [2.05, 4.69) is 5.32 Å². The third-order valence-corrected chi connectivity index (χ3v) is 5.55. The number of benzene rings is 3. The van der Waals surface area contributed by atoms with Gasteiger partial charge in [-0.25, -0.2) is 0 Å². The summed E-state index contributed by atoms with van der Waals surface area (Å²) < 4.78 is 5.93. The number of nitrogens with two attached hydrogens (primary N) is 1. The number of hydrogen-bond acceptors (Lipinski definition) is 4. The number of ether oxygens (including phenoxy) is 1. The molecule has 1 saturated heterocycles. The second-order valence-electron chi connectivity index (χ2n) is 7.71. The van der Waals surface area contributed by atoms with Crippen molar-refractivity contribution in [2.45, 2.75) is 24.9 Å². The second-order valence-corrected chi connectivity index (χ2v) is 7.71. The van der Waals surface area contributed by atoms with Crippen molar-refractivity contribution in [1.29, 1.82) is 5.41 Å². The molecule has 0 saturated carbocycles. The SMILES string of the molecule is Cl.Cl.N=C(N)c1ccc2cc(CC(C(=O)O)c3ccc(O[C@H]4CCNC4)cc3)ccc2c1. The first kappa shape index (κ1) is 25.5. The Morgan fingerprint density at radius 1 is 1.09 bits per heavy atom. The number of nitrogen functional groups attached to an aromatic ring is 1. The largest absolute Gasteiger partial charge is 0.489 e. The maximum Gasteiger partial charge on any atom is 0.311 e. The average Bonchev–Trinajstić information content (AvgIpc) is 3.25. The monoisotopic (exact) mass is 475 g/mol. The van der Waals surface area contributed by atoms with E-state index in [4.69, 9.17) is 15.9 Å². The van der Waals surface area contributed by atoms with Gasteiger partial charge in [0.25, 0.3) is 0 Å². The predicted molar refractivity (Wildman–Crippen MR) is 132 cm³/mol. The highest BCUT2D eigenvalue weighted by Crippen LogP contribution is 2.26. The van der Waals surface area contributed by atoms with Gasteiger partial charge in [-0.15, -0.1) is 24.8 Å². The molecule has 0 bridgehead atoms. The Bertz CT molecular complexity index is 1080. The smallest absolute Gasteiger partial charge is 0.311 e. The van der Waals surface area contributed by atoms with Crippen LogP contribution in [0.25, 0.3) is 10.8 Å². The summed E-state index contributed by atoms with van der Waals surface area (Å²) in [6.07, 6.45) is 1.55. The van der Waals surface area contributed by atoms with Crippen LogP contribution in [0.2, 0.25) is 0 Å². The first-order chi connectivity index (χ1) is 14.5. The van der Waals surface area contributed by atoms with Crippen LogP contribution in [0.3, 0.4) is 0 Å². The number of nitrogens with one attached hydrogen (secondary N) is 2. The molecule has 0 radical (unpaired) electrons. The van der Waals surface area contributed by atoms with Gasteiger partial charge >= 0.3 is 5.97 Å². The van der Waals surface area contributed by atoms with Crippen LogP contribution >= 0.6 is 24.8 Å². The van der Waals surface area contributed by atoms with Crippen LogP contribution in [0.15, 0.2) is 60.7 Å². The molecule has 1 aliphatic rings. The molecule has 6 nitrogen and oxygen atoms in total. The minimum absolute atomic E-state index is 0. The van der Waals surface area contributed by atoms with E-state index in [0.717, 1.165) is 47.2 Å². The van der Waals surface area contributed by atoms with Crippen molar-refractivity contribution in [2.24, 2.45) is 5.73 Å². The van der Waals surface area contributed by atoms with Crippen molar-refractivity contribution in [3.63, 3.8) is 0 Å². The van der Waals surface area contributed by atoms with Crippen molar-refractivity contribution in [3.05, 3.63) is 77.4 Å². The zero-order valence-corrected chi connectivity index (χ0v) is 19.0. The molecule has 1 fully saturated rings. The summed E-state index contributed by atoms with van der Waals surface area (Å²) in [6, 6.07) is 18.9. The van der Waals surface area contributed by atoms with E-state index in [0.29, 0.717) is 12.0 Å². The van der Waals surface area contributed by atoms with Crippen molar-refractivity contribution < 1.29 is 14.6 Å². The minimum atomic E-state index is -0.851. The van der Waals surface area contributed by atoms with Crippen molar-refractivity contribution in [1.82, 2.24) is 5.32 Å². The highest BCUT2D eigenvalue weighted by Gasteiger charge is 2.21. The molecule has 1 aliphatic heterocycles. The molecule has 32 heavy (non-hydrogen) atoms. The topological polar surface area (TPSA) is 108 Å². The summed E-state index contributed by atoms with van der Waals surface area (Å²) in [5.41, 5.74) is 7.94. The van der Waals surface area contributed by atoms with Crippen LogP contribution in [0.4, 0.5) is 0 Å². The normalized spacial score (nSPS) is 15.9. The number of carboxylic acids is 1. The number of hydrogen-bond donors (Lipinski definition) is 4. The van der Waals surface area contributed by atoms with Crippen molar-refractivity contribution in [2.75, 3.05) is 13.1 Å². The Hall–Kier alpha value is -2.80. The summed E-state index contributed by atoms with van der Waals surface area (Å²) >= 11 is 0. The van der Waals surface area contributed by atoms with Crippen LogP contribution in [0.1, 0.15) is 29.0 Å². The van der Waals surface area contributed by atoms with E-state index in [1.807, 2.05) is 60.7 Å². The molecule has 8 heteroatoms. The lowest BCUT2D eigenvalue weighted by molar-refractivity contribution is -0.138. The molecule has 3 aromatic rings. The number of amidine groups is 1. The maximum atomic E-state index is 12.0. The number of aliphatic carboxylic acids is 1. The third-order valence-electron chi connectivity index (χ3n) is 5.55. The molecule has 0 amide bonds. The van der Waals surface area contributed by atoms with Gasteiger partial charge in [0.2, 0.25) is 0 Å². The Kier molecular flexibility index (Phi) is 8.89. The van der Waals surface area contributed by atoms with E-state index in [-0.39, 0.29) is 36.8 Å². The van der Waals surface area contributed by atoms with Gasteiger partial charge in [-0.3, -0.25) is 10.2 Å². The van der Waals surface area contributed by atoms with Crippen molar-refractivity contribution >= 4 is 47.4 Å². The summed E-state index contributed by atoms with van der Waals surface area (Å²) in [4.78, 5) is 12.0. The number of halogens is 2. The fourth-order valence-corrected chi connectivity index (χ4v) is 3.87. The van der Waals surface area contributed by atoms with Gasteiger partial charge in [0, 0.05) is 12.1 Å². The third kappa shape index (κ3) is 5.91. The molecule has 1 heterocycles. The standard InChI is InChI=1S/C24H25N3O3.2ClH/c25-23(26)19-4-3-17-11-15(1-2-18(17)13-19)12-22(24(28)29)16-5-7-20(8-6-16)30-21-9-10-27-14-21;;/h1-8,11,13,21-22,27H,9-10,12,14H2,(H3,25,26)(H,28,29);2*1H/t21-,22?;;/m0../s1. The van der Waals surface area contributed by atoms with Crippen LogP contribution in [0, 0.1) is 5.41 Å². The summed E-state index contributed by atoms with van der Waals surface area (Å²) in [6.45, 7) is 1.81. The fraction of sp³-hybridized carbons (Fsp3) is 0.250. The van der Waals surface area contributed by atoms with Crippen LogP contribution < -0.4 is 15.8 Å². The summed E-state index contributed by atoms with van der Waals surface area (Å²) in [7, 11) is 0. The molecule has 4 rings (SSSR count). The number of fused-ring (bicyclic) bond motifs is 1. The Balaban J connectivity index is 0.00000181. The van der Waals surface area contributed by atoms with Crippen molar-refractivity contribution in [3.8, 4) is 5.75 Å². The van der Waals surface area contributed by atoms with Crippen LogP contribution in [0.5, 0.6) is 5.75 Å². The van der Waals surface area contributed by atoms with Gasteiger partial charge in [0.15, 0.2) is 0 Å². The van der Waals surface area contributed by atoms with Gasteiger partial charge in [-0.2, -0.15) is 0 Å². The maximum absolute atomic E-state index is 12.0. The molecule has 1 unspecified atom stereocenters. The van der Waals surface area contributed by atoms with Crippen LogP contribution in [-0.4, -0.2) is 36.1 Å². The Labute approximate surface area is 199 Å². The molecular weight excluding hydrogens is 449 g/mol. The lowest BCUT2D eigenvalue weighted by atomic mass is 9.91. The molecular formula is C24H27Cl2N3O3. The second kappa shape index (κ2) is 11.2. The molecule has 0 aromatic heterocycles. The lowest BCUT2D eigenvalue weighted by Crippen LogP contribution is -2.19. The van der Waals surface area contributed by atoms with E-state index in [1.165, 1.54) is 0 Å². The van der Waals surface area contributed by atoms with E-state index < -0.39 is 11.9 Å². The molecule has 3 aromatic carbocycles. The van der Waals surface area contributed by atoms with E-state index in [9.17, 15) is 9.90 Å². The predicted octanol–water partition coefficient (Wildman–Crippen LogP) is 4.12. The van der Waals surface area contributed by atoms with Gasteiger partial charge in [-0.05, 0) is 59.5 Å². The quantitative estimate of drug-likeness (QED) is 0.303. The number of carbonyl (C=O) groups is 1. The summed E-state index contributed by atoms with van der Waals surface area (Å²) in [5, 5.41) is 22.6. The van der Waals surface area contributed by atoms with Gasteiger partial charge in [0.05, 0.1) is 5.92 Å². The highest BCUT2D eigenvalue weighted by molar-refractivity contribution is 5.99. The Morgan fingerprint density at radius 2 is 1.78 bits per heavy atom. The summed E-state index contributed by atoms with van der Waals surface area (Å²) in [5.74, 6) is -0.691. The zero-order chi connectivity index (χ0) is 21.1.